The van der Waals surface area contributed by atoms with E-state index < -0.39 is 0 Å². The zero-order valence-corrected chi connectivity index (χ0v) is 9.16. The Balaban J connectivity index is 2.80. The van der Waals surface area contributed by atoms with Gasteiger partial charge in [0.2, 0.25) is 0 Å². The van der Waals surface area contributed by atoms with Gasteiger partial charge in [0.15, 0.2) is 0 Å². The molecule has 0 amide bonds. The molecule has 0 bridgehead atoms. The summed E-state index contributed by atoms with van der Waals surface area (Å²) in [5, 5.41) is 0. The molecule has 0 saturated carbocycles. The van der Waals surface area contributed by atoms with E-state index in [0.717, 1.165) is 19.3 Å². The normalized spacial score (nSPS) is 24.6. The van der Waals surface area contributed by atoms with E-state index in [1.807, 2.05) is 0 Å². The predicted octanol–water partition coefficient (Wildman–Crippen LogP) is 2.46. The molecule has 1 aliphatic rings. The second-order valence-corrected chi connectivity index (χ2v) is 4.01. The molecule has 1 aliphatic carbocycles. The van der Waals surface area contributed by atoms with Gasteiger partial charge in [-0.25, -0.2) is 0 Å². The van der Waals surface area contributed by atoms with Crippen molar-refractivity contribution in [3.63, 3.8) is 0 Å². The van der Waals surface area contributed by atoms with E-state index in [1.54, 1.807) is 0 Å². The van der Waals surface area contributed by atoms with E-state index >= 15 is 0 Å². The number of rotatable bonds is 3. The molecule has 0 aromatic carbocycles. The monoisotopic (exact) mass is 192 g/mol. The number of nitrogens with two attached hydrogens (primary N) is 1. The summed E-state index contributed by atoms with van der Waals surface area (Å²) in [4.78, 5) is 4.14. The Labute approximate surface area is 86.6 Å². The van der Waals surface area contributed by atoms with Crippen LogP contribution in [0, 0.1) is 0 Å². The van der Waals surface area contributed by atoms with Crippen molar-refractivity contribution in [2.24, 2.45) is 10.7 Å². The average molecular weight is 192 g/mol. The summed E-state index contributed by atoms with van der Waals surface area (Å²) in [6.07, 6.45) is 7.29. The summed E-state index contributed by atoms with van der Waals surface area (Å²) in [5.41, 5.74) is 8.69. The van der Waals surface area contributed by atoms with E-state index in [4.69, 9.17) is 5.73 Å². The van der Waals surface area contributed by atoms with Gasteiger partial charge < -0.3 is 5.73 Å². The fraction of sp³-hybridized carbons (Fsp3) is 0.583. The summed E-state index contributed by atoms with van der Waals surface area (Å²) in [6, 6.07) is 0.499. The minimum absolute atomic E-state index is 0.182. The van der Waals surface area contributed by atoms with E-state index in [0.29, 0.717) is 6.04 Å². The highest BCUT2D eigenvalue weighted by molar-refractivity contribution is 5.29. The molecule has 1 rings (SSSR count). The summed E-state index contributed by atoms with van der Waals surface area (Å²) < 4.78 is 0. The van der Waals surface area contributed by atoms with Gasteiger partial charge in [-0.1, -0.05) is 30.2 Å². The van der Waals surface area contributed by atoms with Gasteiger partial charge in [0.1, 0.15) is 0 Å². The van der Waals surface area contributed by atoms with Gasteiger partial charge in [-0.3, -0.25) is 4.99 Å². The third-order valence-electron chi connectivity index (χ3n) is 2.79. The van der Waals surface area contributed by atoms with Gasteiger partial charge in [-0.05, 0) is 32.9 Å². The van der Waals surface area contributed by atoms with Crippen LogP contribution in [0.5, 0.6) is 0 Å². The molecule has 2 heteroatoms. The van der Waals surface area contributed by atoms with Crippen LogP contribution >= 0.6 is 0 Å². The molecule has 0 fully saturated rings. The Morgan fingerprint density at radius 1 is 1.57 bits per heavy atom. The Kier molecular flexibility index (Phi) is 4.08. The van der Waals surface area contributed by atoms with Gasteiger partial charge in [-0.2, -0.15) is 0 Å². The van der Waals surface area contributed by atoms with Crippen LogP contribution in [0.15, 0.2) is 28.3 Å². The highest BCUT2D eigenvalue weighted by Gasteiger charge is 2.15. The smallest absolute Gasteiger partial charge is 0.0567 e. The van der Waals surface area contributed by atoms with Crippen molar-refractivity contribution in [3.05, 3.63) is 23.3 Å². The molecular weight excluding hydrogens is 172 g/mol. The van der Waals surface area contributed by atoms with Crippen LogP contribution in [0.25, 0.3) is 0 Å². The number of allylic oxidation sites excluding steroid dienone is 2. The number of nitrogens with zero attached hydrogens (tertiary/aromatic N) is 1. The van der Waals surface area contributed by atoms with Crippen LogP contribution in [0.2, 0.25) is 0 Å². The van der Waals surface area contributed by atoms with Crippen LogP contribution in [-0.2, 0) is 0 Å². The molecule has 0 saturated heterocycles. The van der Waals surface area contributed by atoms with E-state index in [9.17, 15) is 0 Å². The van der Waals surface area contributed by atoms with Crippen molar-refractivity contribution in [2.45, 2.75) is 45.2 Å². The quantitative estimate of drug-likeness (QED) is 0.685. The molecule has 0 radical (unpaired) electrons. The lowest BCUT2D eigenvalue weighted by molar-refractivity contribution is 0.617. The van der Waals surface area contributed by atoms with Gasteiger partial charge >= 0.3 is 0 Å². The number of hydrogen-bond donors (Lipinski definition) is 1. The molecule has 14 heavy (non-hydrogen) atoms. The third-order valence-corrected chi connectivity index (χ3v) is 2.79. The molecule has 2 nitrogen and oxygen atoms in total. The van der Waals surface area contributed by atoms with Gasteiger partial charge in [-0.15, -0.1) is 0 Å². The Hall–Kier alpha value is -0.890. The first-order valence-electron chi connectivity index (χ1n) is 5.25. The molecule has 2 atom stereocenters. The summed E-state index contributed by atoms with van der Waals surface area (Å²) in [5.74, 6) is 0. The minimum atomic E-state index is 0.182. The molecule has 0 aromatic heterocycles. The lowest BCUT2D eigenvalue weighted by Gasteiger charge is -2.16. The van der Waals surface area contributed by atoms with Crippen LogP contribution in [-0.4, -0.2) is 18.8 Å². The van der Waals surface area contributed by atoms with Crippen molar-refractivity contribution in [3.8, 4) is 0 Å². The lowest BCUT2D eigenvalue weighted by atomic mass is 9.97. The summed E-state index contributed by atoms with van der Waals surface area (Å²) in [6.45, 7) is 7.88. The van der Waals surface area contributed by atoms with Crippen molar-refractivity contribution >= 4 is 6.72 Å². The Morgan fingerprint density at radius 3 is 2.86 bits per heavy atom. The molecule has 2 unspecified atom stereocenters. The first kappa shape index (κ1) is 11.2. The third kappa shape index (κ3) is 2.81. The highest BCUT2D eigenvalue weighted by atomic mass is 14.8. The summed E-state index contributed by atoms with van der Waals surface area (Å²) >= 11 is 0. The lowest BCUT2D eigenvalue weighted by Crippen LogP contribution is -2.23. The number of hydrogen-bond acceptors (Lipinski definition) is 2. The van der Waals surface area contributed by atoms with Crippen molar-refractivity contribution < 1.29 is 0 Å². The van der Waals surface area contributed by atoms with Crippen LogP contribution < -0.4 is 5.73 Å². The van der Waals surface area contributed by atoms with Gasteiger partial charge in [0.05, 0.1) is 6.04 Å². The second-order valence-electron chi connectivity index (χ2n) is 4.01. The maximum atomic E-state index is 6.02. The van der Waals surface area contributed by atoms with Crippen LogP contribution in [0.1, 0.15) is 33.1 Å². The SMILES string of the molecule is C=NC1CC(C)=CC=C(C(N)CC)C1. The van der Waals surface area contributed by atoms with Crippen LogP contribution in [0.4, 0.5) is 0 Å². The first-order valence-corrected chi connectivity index (χ1v) is 5.25. The zero-order chi connectivity index (χ0) is 10.6. The maximum absolute atomic E-state index is 6.02. The molecular formula is C12H20N2. The molecule has 78 valence electrons. The first-order chi connectivity index (χ1) is 6.67. The van der Waals surface area contributed by atoms with Gasteiger partial charge in [0.25, 0.3) is 0 Å². The standard InChI is InChI=1S/C12H20N2/c1-4-12(13)10-6-5-9(2)7-11(8-10)14-3/h5-6,11-12H,3-4,7-8,13H2,1-2H3. The second kappa shape index (κ2) is 5.11. The predicted molar refractivity (Wildman–Crippen MR) is 62.7 cm³/mol. The topological polar surface area (TPSA) is 38.4 Å². The van der Waals surface area contributed by atoms with Crippen molar-refractivity contribution in [1.29, 1.82) is 0 Å². The van der Waals surface area contributed by atoms with Crippen molar-refractivity contribution in [2.75, 3.05) is 0 Å². The largest absolute Gasteiger partial charge is 0.324 e. The number of aliphatic imine (C=N–C) groups is 1. The Morgan fingerprint density at radius 2 is 2.29 bits per heavy atom. The Bertz CT molecular complexity index is 263. The minimum Gasteiger partial charge on any atom is -0.324 e. The summed E-state index contributed by atoms with van der Waals surface area (Å²) in [7, 11) is 0. The highest BCUT2D eigenvalue weighted by Crippen LogP contribution is 2.22. The average Bonchev–Trinajstić information content (AvgIpc) is 2.38. The van der Waals surface area contributed by atoms with E-state index in [1.165, 1.54) is 11.1 Å². The fourth-order valence-corrected chi connectivity index (χ4v) is 1.77. The van der Waals surface area contributed by atoms with Gasteiger partial charge in [0, 0.05) is 6.04 Å². The molecule has 0 aliphatic heterocycles. The molecule has 2 N–H and O–H groups in total. The van der Waals surface area contributed by atoms with Crippen molar-refractivity contribution in [1.82, 2.24) is 0 Å². The zero-order valence-electron chi connectivity index (χ0n) is 9.16. The molecule has 0 aromatic rings. The maximum Gasteiger partial charge on any atom is 0.0567 e. The molecule has 0 heterocycles. The van der Waals surface area contributed by atoms with Crippen LogP contribution in [0.3, 0.4) is 0 Å². The molecule has 0 spiro atoms. The fourth-order valence-electron chi connectivity index (χ4n) is 1.77. The van der Waals surface area contributed by atoms with E-state index in [-0.39, 0.29) is 6.04 Å². The van der Waals surface area contributed by atoms with E-state index in [2.05, 4.69) is 37.7 Å².